The summed E-state index contributed by atoms with van der Waals surface area (Å²) in [5.74, 6) is -2.02. The standard InChI is InChI=1S/C25H34N4O6/c1-15(2)13-18(26-23(32)16-5-7-17(8-6-16)27(3)4)24(33)28-11-9-19-22(28)21(31)14-29(19)20(10-12-30)25(34)35/h5-8,12,15,18-20,22H,9-11,13-14H2,1-4H3,(H,26,32)(H,34,35)/t18-,19?,20?,22?/m0/s1. The van der Waals surface area contributed by atoms with Crippen LogP contribution in [0.3, 0.4) is 0 Å². The highest BCUT2D eigenvalue weighted by atomic mass is 16.4. The zero-order valence-corrected chi connectivity index (χ0v) is 20.6. The Kier molecular flexibility index (Phi) is 8.26. The van der Waals surface area contributed by atoms with Gasteiger partial charge in [0.05, 0.1) is 6.54 Å². The predicted molar refractivity (Wildman–Crippen MR) is 129 cm³/mol. The molecule has 0 radical (unpaired) electrons. The molecule has 3 unspecified atom stereocenters. The van der Waals surface area contributed by atoms with E-state index in [4.69, 9.17) is 0 Å². The number of ketones is 1. The third-order valence-electron chi connectivity index (χ3n) is 6.70. The Morgan fingerprint density at radius 2 is 1.86 bits per heavy atom. The van der Waals surface area contributed by atoms with Gasteiger partial charge in [-0.05, 0) is 43.0 Å². The largest absolute Gasteiger partial charge is 0.480 e. The predicted octanol–water partition coefficient (Wildman–Crippen LogP) is 0.794. The van der Waals surface area contributed by atoms with Crippen molar-refractivity contribution in [2.24, 2.45) is 5.92 Å². The van der Waals surface area contributed by atoms with Gasteiger partial charge < -0.3 is 25.0 Å². The highest BCUT2D eigenvalue weighted by Crippen LogP contribution is 2.32. The summed E-state index contributed by atoms with van der Waals surface area (Å²) in [5, 5.41) is 12.4. The van der Waals surface area contributed by atoms with E-state index in [1.165, 1.54) is 9.80 Å². The number of aliphatic carboxylic acids is 1. The zero-order chi connectivity index (χ0) is 25.9. The van der Waals surface area contributed by atoms with Gasteiger partial charge in [0.1, 0.15) is 24.4 Å². The lowest BCUT2D eigenvalue weighted by atomic mass is 10.0. The van der Waals surface area contributed by atoms with Crippen LogP contribution in [0.2, 0.25) is 0 Å². The Morgan fingerprint density at radius 3 is 2.40 bits per heavy atom. The summed E-state index contributed by atoms with van der Waals surface area (Å²) in [6, 6.07) is 3.89. The molecule has 2 N–H and O–H groups in total. The number of amides is 2. The van der Waals surface area contributed by atoms with Gasteiger partial charge >= 0.3 is 5.97 Å². The molecule has 4 atom stereocenters. The van der Waals surface area contributed by atoms with Gasteiger partial charge in [0.15, 0.2) is 5.78 Å². The molecule has 0 spiro atoms. The van der Waals surface area contributed by atoms with E-state index in [1.807, 2.05) is 45.0 Å². The lowest BCUT2D eigenvalue weighted by Crippen LogP contribution is -2.53. The molecule has 10 nitrogen and oxygen atoms in total. The van der Waals surface area contributed by atoms with Crippen LogP contribution in [0.15, 0.2) is 24.3 Å². The number of hydrogen-bond donors (Lipinski definition) is 2. The van der Waals surface area contributed by atoms with Crippen LogP contribution >= 0.6 is 0 Å². The minimum atomic E-state index is -1.17. The van der Waals surface area contributed by atoms with E-state index in [0.717, 1.165) is 5.69 Å². The van der Waals surface area contributed by atoms with Crippen LogP contribution < -0.4 is 10.2 Å². The number of benzene rings is 1. The molecule has 0 saturated carbocycles. The number of anilines is 1. The van der Waals surface area contributed by atoms with Crippen molar-refractivity contribution < 1.29 is 29.1 Å². The highest BCUT2D eigenvalue weighted by Gasteiger charge is 2.53. The van der Waals surface area contributed by atoms with Crippen LogP contribution in [0, 0.1) is 5.92 Å². The average molecular weight is 487 g/mol. The molecule has 3 rings (SSSR count). The Labute approximate surface area is 205 Å². The number of nitrogens with zero attached hydrogens (tertiary/aromatic N) is 3. The third-order valence-corrected chi connectivity index (χ3v) is 6.70. The van der Waals surface area contributed by atoms with Crippen molar-refractivity contribution in [3.63, 3.8) is 0 Å². The van der Waals surface area contributed by atoms with Crippen LogP contribution in [0.1, 0.15) is 43.5 Å². The molecule has 10 heteroatoms. The van der Waals surface area contributed by atoms with Crippen LogP contribution in [0.5, 0.6) is 0 Å². The SMILES string of the molecule is CC(C)C[C@H](NC(=O)c1ccc(N(C)C)cc1)C(=O)N1CCC2C1C(=O)CN2C(CC=O)C(=O)O. The summed E-state index contributed by atoms with van der Waals surface area (Å²) in [6.45, 7) is 4.06. The Morgan fingerprint density at radius 1 is 1.20 bits per heavy atom. The van der Waals surface area contributed by atoms with Gasteiger partial charge in [-0.25, -0.2) is 0 Å². The Balaban J connectivity index is 1.77. The van der Waals surface area contributed by atoms with Gasteiger partial charge in [-0.1, -0.05) is 13.8 Å². The molecule has 2 amide bonds. The fourth-order valence-electron chi connectivity index (χ4n) is 5.01. The summed E-state index contributed by atoms with van der Waals surface area (Å²) in [6.07, 6.45) is 1.14. The van der Waals surface area contributed by atoms with E-state index in [-0.39, 0.29) is 43.0 Å². The monoisotopic (exact) mass is 486 g/mol. The number of rotatable bonds is 10. The number of Topliss-reactive ketones (excluding diaryl/α,β-unsaturated/α-hetero) is 1. The highest BCUT2D eigenvalue weighted by molar-refractivity contribution is 6.00. The van der Waals surface area contributed by atoms with Gasteiger partial charge in [0, 0.05) is 44.4 Å². The van der Waals surface area contributed by atoms with Crippen LogP contribution in [-0.2, 0) is 19.2 Å². The maximum Gasteiger partial charge on any atom is 0.321 e. The fourth-order valence-corrected chi connectivity index (χ4v) is 5.01. The molecular formula is C25H34N4O6. The van der Waals surface area contributed by atoms with Gasteiger partial charge in [-0.2, -0.15) is 0 Å². The molecule has 2 saturated heterocycles. The number of carbonyl (C=O) groups excluding carboxylic acids is 4. The Hall–Kier alpha value is -3.27. The molecule has 2 aliphatic heterocycles. The summed E-state index contributed by atoms with van der Waals surface area (Å²) in [7, 11) is 3.80. The normalized spacial score (nSPS) is 21.5. The zero-order valence-electron chi connectivity index (χ0n) is 20.6. The summed E-state index contributed by atoms with van der Waals surface area (Å²) in [5.41, 5.74) is 1.37. The molecule has 0 bridgehead atoms. The molecule has 2 fully saturated rings. The molecule has 0 aliphatic carbocycles. The maximum absolute atomic E-state index is 13.6. The number of fused-ring (bicyclic) bond motifs is 1. The fraction of sp³-hybridized carbons (Fsp3) is 0.560. The molecule has 190 valence electrons. The van der Waals surface area contributed by atoms with Crippen LogP contribution in [-0.4, -0.2) is 96.1 Å². The minimum absolute atomic E-state index is 0.110. The van der Waals surface area contributed by atoms with Crippen molar-refractivity contribution in [1.82, 2.24) is 15.1 Å². The van der Waals surface area contributed by atoms with Crippen molar-refractivity contribution in [2.45, 2.75) is 57.3 Å². The van der Waals surface area contributed by atoms with Crippen molar-refractivity contribution in [1.29, 1.82) is 0 Å². The maximum atomic E-state index is 13.6. The van der Waals surface area contributed by atoms with Crippen molar-refractivity contribution in [2.75, 3.05) is 32.1 Å². The number of aldehydes is 1. The topological polar surface area (TPSA) is 127 Å². The van der Waals surface area contributed by atoms with Crippen molar-refractivity contribution in [3.05, 3.63) is 29.8 Å². The first-order valence-electron chi connectivity index (χ1n) is 11.9. The number of carboxylic acids is 1. The van der Waals surface area contributed by atoms with E-state index in [0.29, 0.717) is 24.7 Å². The molecule has 35 heavy (non-hydrogen) atoms. The number of likely N-dealkylation sites (tertiary alicyclic amines) is 2. The molecule has 1 aromatic rings. The number of carbonyl (C=O) groups is 5. The van der Waals surface area contributed by atoms with E-state index in [9.17, 15) is 29.1 Å². The Bertz CT molecular complexity index is 977. The summed E-state index contributed by atoms with van der Waals surface area (Å²) in [4.78, 5) is 67.0. The van der Waals surface area contributed by atoms with Gasteiger partial charge in [-0.3, -0.25) is 24.1 Å². The van der Waals surface area contributed by atoms with Crippen molar-refractivity contribution in [3.8, 4) is 0 Å². The van der Waals surface area contributed by atoms with E-state index in [1.54, 1.807) is 12.1 Å². The second-order valence-electron chi connectivity index (χ2n) is 9.82. The van der Waals surface area contributed by atoms with E-state index < -0.39 is 30.1 Å². The first kappa shape index (κ1) is 26.3. The molecule has 2 aliphatic rings. The first-order valence-corrected chi connectivity index (χ1v) is 11.9. The van der Waals surface area contributed by atoms with E-state index >= 15 is 0 Å². The molecule has 1 aromatic carbocycles. The van der Waals surface area contributed by atoms with Gasteiger partial charge in [-0.15, -0.1) is 0 Å². The second kappa shape index (κ2) is 11.0. The van der Waals surface area contributed by atoms with E-state index in [2.05, 4.69) is 5.32 Å². The van der Waals surface area contributed by atoms with Crippen LogP contribution in [0.4, 0.5) is 5.69 Å². The van der Waals surface area contributed by atoms with Gasteiger partial charge in [0.25, 0.3) is 5.91 Å². The second-order valence-corrected chi connectivity index (χ2v) is 9.82. The number of hydrogen-bond acceptors (Lipinski definition) is 7. The first-order chi connectivity index (χ1) is 16.5. The van der Waals surface area contributed by atoms with Crippen LogP contribution in [0.25, 0.3) is 0 Å². The lowest BCUT2D eigenvalue weighted by molar-refractivity contribution is -0.144. The summed E-state index contributed by atoms with van der Waals surface area (Å²) < 4.78 is 0. The van der Waals surface area contributed by atoms with Crippen molar-refractivity contribution >= 4 is 35.5 Å². The quantitative estimate of drug-likeness (QED) is 0.465. The molecular weight excluding hydrogens is 452 g/mol. The lowest BCUT2D eigenvalue weighted by Gasteiger charge is -2.30. The minimum Gasteiger partial charge on any atom is -0.480 e. The van der Waals surface area contributed by atoms with Gasteiger partial charge in [0.2, 0.25) is 5.91 Å². The molecule has 2 heterocycles. The number of nitrogens with one attached hydrogen (secondary N) is 1. The average Bonchev–Trinajstić information content (AvgIpc) is 3.37. The third kappa shape index (κ3) is 5.70. The smallest absolute Gasteiger partial charge is 0.321 e. The summed E-state index contributed by atoms with van der Waals surface area (Å²) >= 11 is 0. The molecule has 0 aromatic heterocycles. The number of carboxylic acid groups (broad SMARTS) is 1.